The van der Waals surface area contributed by atoms with Crippen molar-refractivity contribution in [2.24, 2.45) is 0 Å². The fourth-order valence-corrected chi connectivity index (χ4v) is 2.31. The summed E-state index contributed by atoms with van der Waals surface area (Å²) in [5.74, 6) is -1.90. The summed E-state index contributed by atoms with van der Waals surface area (Å²) in [6.45, 7) is 3.07. The summed E-state index contributed by atoms with van der Waals surface area (Å²) >= 11 is 0. The van der Waals surface area contributed by atoms with E-state index in [2.05, 4.69) is 0 Å². The third-order valence-electron chi connectivity index (χ3n) is 3.56. The van der Waals surface area contributed by atoms with Crippen molar-refractivity contribution in [3.8, 4) is 0 Å². The second-order valence-corrected chi connectivity index (χ2v) is 5.10. The second kappa shape index (κ2) is 5.25. The molecule has 0 bridgehead atoms. The van der Waals surface area contributed by atoms with Crippen molar-refractivity contribution < 1.29 is 18.7 Å². The fraction of sp³-hybridized carbons (Fsp3) is 0.500. The molecule has 2 rings (SSSR count). The Hall–Kier alpha value is -1.49. The lowest BCUT2D eigenvalue weighted by Gasteiger charge is -2.28. The van der Waals surface area contributed by atoms with Crippen molar-refractivity contribution in [2.45, 2.75) is 38.8 Å². The van der Waals surface area contributed by atoms with Gasteiger partial charge in [-0.25, -0.2) is 8.78 Å². The fourth-order valence-electron chi connectivity index (χ4n) is 2.31. The maximum Gasteiger partial charge on any atom is 0.317 e. The lowest BCUT2D eigenvalue weighted by atomic mass is 10.0. The van der Waals surface area contributed by atoms with Crippen LogP contribution in [0.4, 0.5) is 8.78 Å². The molecule has 0 aromatic heterocycles. The largest absolute Gasteiger partial charge is 0.480 e. The Morgan fingerprint density at radius 1 is 1.42 bits per heavy atom. The van der Waals surface area contributed by atoms with E-state index in [1.54, 1.807) is 11.8 Å². The highest BCUT2D eigenvalue weighted by Crippen LogP contribution is 2.35. The first-order valence-corrected chi connectivity index (χ1v) is 6.33. The van der Waals surface area contributed by atoms with Crippen molar-refractivity contribution in [1.82, 2.24) is 4.90 Å². The molecule has 104 valence electrons. The maximum atomic E-state index is 13.9. The second-order valence-electron chi connectivity index (χ2n) is 5.10. The zero-order valence-electron chi connectivity index (χ0n) is 11.0. The van der Waals surface area contributed by atoms with Gasteiger partial charge >= 0.3 is 5.97 Å². The quantitative estimate of drug-likeness (QED) is 0.893. The van der Waals surface area contributed by atoms with Gasteiger partial charge in [0.15, 0.2) is 0 Å². The summed E-state index contributed by atoms with van der Waals surface area (Å²) < 4.78 is 27.5. The number of hydrogen-bond acceptors (Lipinski definition) is 2. The van der Waals surface area contributed by atoms with Gasteiger partial charge in [0, 0.05) is 17.6 Å². The van der Waals surface area contributed by atoms with E-state index >= 15 is 0 Å². The normalized spacial score (nSPS) is 16.7. The molecule has 19 heavy (non-hydrogen) atoms. The van der Waals surface area contributed by atoms with Crippen LogP contribution in [0.5, 0.6) is 0 Å². The summed E-state index contributed by atoms with van der Waals surface area (Å²) in [5.41, 5.74) is 0.473. The van der Waals surface area contributed by atoms with Crippen LogP contribution in [0, 0.1) is 18.6 Å². The minimum atomic E-state index is -0.952. The minimum absolute atomic E-state index is 0.152. The molecule has 5 heteroatoms. The molecule has 0 radical (unpaired) electrons. The Balaban J connectivity index is 2.28. The molecule has 1 aliphatic carbocycles. The van der Waals surface area contributed by atoms with Crippen LogP contribution in [0.1, 0.15) is 36.9 Å². The Kier molecular flexibility index (Phi) is 3.85. The van der Waals surface area contributed by atoms with Gasteiger partial charge in [0.2, 0.25) is 0 Å². The summed E-state index contributed by atoms with van der Waals surface area (Å²) in [6.07, 6.45) is 1.82. The number of aliphatic carboxylic acids is 1. The smallest absolute Gasteiger partial charge is 0.317 e. The zero-order valence-corrected chi connectivity index (χ0v) is 11.0. The summed E-state index contributed by atoms with van der Waals surface area (Å²) in [5, 5.41) is 8.91. The molecule has 1 aliphatic rings. The molecule has 1 aromatic carbocycles. The van der Waals surface area contributed by atoms with Gasteiger partial charge in [0.1, 0.15) is 11.6 Å². The van der Waals surface area contributed by atoms with Gasteiger partial charge in [-0.2, -0.15) is 0 Å². The van der Waals surface area contributed by atoms with E-state index in [1.807, 2.05) is 0 Å². The molecule has 1 atom stereocenters. The number of benzene rings is 1. The number of aryl methyl sites for hydroxylation is 1. The summed E-state index contributed by atoms with van der Waals surface area (Å²) in [4.78, 5) is 12.6. The van der Waals surface area contributed by atoms with Gasteiger partial charge in [-0.1, -0.05) is 0 Å². The zero-order chi connectivity index (χ0) is 14.2. The molecule has 1 unspecified atom stereocenters. The van der Waals surface area contributed by atoms with Crippen LogP contribution in [0.2, 0.25) is 0 Å². The van der Waals surface area contributed by atoms with Gasteiger partial charge < -0.3 is 5.11 Å². The van der Waals surface area contributed by atoms with E-state index in [9.17, 15) is 13.6 Å². The number of halogens is 2. The average molecular weight is 269 g/mol. The van der Waals surface area contributed by atoms with Crippen molar-refractivity contribution >= 4 is 5.97 Å². The Morgan fingerprint density at radius 3 is 2.58 bits per heavy atom. The highest BCUT2D eigenvalue weighted by molar-refractivity contribution is 5.69. The number of carboxylic acid groups (broad SMARTS) is 1. The van der Waals surface area contributed by atoms with Gasteiger partial charge in [-0.05, 0) is 44.4 Å². The molecular formula is C14H17F2NO2. The van der Waals surface area contributed by atoms with E-state index in [4.69, 9.17) is 5.11 Å². The topological polar surface area (TPSA) is 40.5 Å². The third kappa shape index (κ3) is 3.10. The number of rotatable bonds is 5. The lowest BCUT2D eigenvalue weighted by molar-refractivity contribution is -0.139. The Labute approximate surface area is 110 Å². The van der Waals surface area contributed by atoms with Crippen LogP contribution in [0.3, 0.4) is 0 Å². The van der Waals surface area contributed by atoms with Crippen LogP contribution < -0.4 is 0 Å². The molecule has 0 saturated heterocycles. The molecule has 0 spiro atoms. The van der Waals surface area contributed by atoms with E-state index in [0.717, 1.165) is 18.9 Å². The molecule has 0 heterocycles. The summed E-state index contributed by atoms with van der Waals surface area (Å²) in [7, 11) is 0. The molecule has 1 N–H and O–H groups in total. The van der Waals surface area contributed by atoms with E-state index < -0.39 is 23.6 Å². The molecule has 1 aromatic rings. The van der Waals surface area contributed by atoms with E-state index in [0.29, 0.717) is 0 Å². The average Bonchev–Trinajstić information content (AvgIpc) is 3.14. The highest BCUT2D eigenvalue weighted by atomic mass is 19.1. The van der Waals surface area contributed by atoms with Gasteiger partial charge in [-0.15, -0.1) is 0 Å². The number of nitrogens with zero attached hydrogens (tertiary/aromatic N) is 1. The van der Waals surface area contributed by atoms with Crippen LogP contribution in [0.25, 0.3) is 0 Å². The van der Waals surface area contributed by atoms with Crippen LogP contribution in [0.15, 0.2) is 12.1 Å². The summed E-state index contributed by atoms with van der Waals surface area (Å²) in [6, 6.07) is 2.05. The number of carboxylic acids is 1. The Bertz CT molecular complexity index is 500. The van der Waals surface area contributed by atoms with Gasteiger partial charge in [0.05, 0.1) is 6.54 Å². The molecular weight excluding hydrogens is 252 g/mol. The van der Waals surface area contributed by atoms with E-state index in [1.165, 1.54) is 13.0 Å². The molecule has 0 amide bonds. The standard InChI is InChI=1S/C14H17F2NO2/c1-8-5-13(16)11(6-12(8)15)9(2)17(7-14(18)19)10-3-4-10/h5-6,9-10H,3-4,7H2,1-2H3,(H,18,19). The third-order valence-corrected chi connectivity index (χ3v) is 3.56. The van der Waals surface area contributed by atoms with Crippen LogP contribution in [-0.2, 0) is 4.79 Å². The van der Waals surface area contributed by atoms with Crippen LogP contribution in [-0.4, -0.2) is 28.6 Å². The first kappa shape index (κ1) is 13.9. The lowest BCUT2D eigenvalue weighted by Crippen LogP contribution is -2.34. The van der Waals surface area contributed by atoms with Gasteiger partial charge in [-0.3, -0.25) is 9.69 Å². The molecule has 0 aliphatic heterocycles. The predicted octanol–water partition coefficient (Wildman–Crippen LogP) is 2.88. The van der Waals surface area contributed by atoms with E-state index in [-0.39, 0.29) is 23.7 Å². The number of hydrogen-bond donors (Lipinski definition) is 1. The first-order valence-electron chi connectivity index (χ1n) is 6.33. The van der Waals surface area contributed by atoms with Crippen molar-refractivity contribution in [3.05, 3.63) is 34.9 Å². The maximum absolute atomic E-state index is 13.9. The molecule has 1 saturated carbocycles. The van der Waals surface area contributed by atoms with Crippen LogP contribution >= 0.6 is 0 Å². The predicted molar refractivity (Wildman–Crippen MR) is 66.9 cm³/mol. The molecule has 3 nitrogen and oxygen atoms in total. The Morgan fingerprint density at radius 2 is 2.05 bits per heavy atom. The first-order chi connectivity index (χ1) is 8.90. The SMILES string of the molecule is Cc1cc(F)c(C(C)N(CC(=O)O)C2CC2)cc1F. The minimum Gasteiger partial charge on any atom is -0.480 e. The van der Waals surface area contributed by atoms with Crippen molar-refractivity contribution in [3.63, 3.8) is 0 Å². The monoisotopic (exact) mass is 269 g/mol. The highest BCUT2D eigenvalue weighted by Gasteiger charge is 2.35. The van der Waals surface area contributed by atoms with Crippen molar-refractivity contribution in [1.29, 1.82) is 0 Å². The van der Waals surface area contributed by atoms with Gasteiger partial charge in [0.25, 0.3) is 0 Å². The van der Waals surface area contributed by atoms with Crippen molar-refractivity contribution in [2.75, 3.05) is 6.54 Å². The molecule has 1 fully saturated rings. The number of carbonyl (C=O) groups is 1.